The van der Waals surface area contributed by atoms with E-state index in [-0.39, 0.29) is 12.3 Å². The second-order valence-corrected chi connectivity index (χ2v) is 4.94. The van der Waals surface area contributed by atoms with Crippen LogP contribution in [0.1, 0.15) is 43.3 Å². The molecule has 2 unspecified atom stereocenters. The minimum atomic E-state index is -4.19. The average Bonchev–Trinajstić information content (AvgIpc) is 2.84. The Bertz CT molecular complexity index is 405. The van der Waals surface area contributed by atoms with Gasteiger partial charge in [-0.1, -0.05) is 18.0 Å². The molecule has 0 aliphatic heterocycles. The molecule has 1 aromatic heterocycles. The number of aromatic nitrogens is 2. The molecular formula is C12H18F3N3O. The number of hydrogen-bond donors (Lipinski definition) is 1. The van der Waals surface area contributed by atoms with E-state index in [2.05, 4.69) is 15.5 Å². The van der Waals surface area contributed by atoms with Crippen LogP contribution >= 0.6 is 0 Å². The molecule has 0 amide bonds. The lowest BCUT2D eigenvalue weighted by Gasteiger charge is -2.30. The van der Waals surface area contributed by atoms with Gasteiger partial charge in [-0.3, -0.25) is 0 Å². The van der Waals surface area contributed by atoms with Gasteiger partial charge in [0.15, 0.2) is 5.82 Å². The largest absolute Gasteiger partial charge is 0.392 e. The molecule has 0 aromatic carbocycles. The molecule has 1 fully saturated rings. The van der Waals surface area contributed by atoms with E-state index in [0.717, 1.165) is 6.42 Å². The van der Waals surface area contributed by atoms with E-state index in [1.165, 1.54) is 0 Å². The highest BCUT2D eigenvalue weighted by atomic mass is 19.4. The van der Waals surface area contributed by atoms with E-state index in [0.29, 0.717) is 31.6 Å². The van der Waals surface area contributed by atoms with Crippen LogP contribution in [0.4, 0.5) is 13.2 Å². The molecule has 0 spiro atoms. The summed E-state index contributed by atoms with van der Waals surface area (Å²) >= 11 is 0. The predicted molar refractivity (Wildman–Crippen MR) is 62.7 cm³/mol. The maximum Gasteiger partial charge on any atom is 0.392 e. The third-order valence-electron chi connectivity index (χ3n) is 3.59. The highest BCUT2D eigenvalue weighted by molar-refractivity contribution is 5.00. The Morgan fingerprint density at radius 3 is 2.74 bits per heavy atom. The number of alkyl halides is 3. The van der Waals surface area contributed by atoms with Crippen molar-refractivity contribution in [3.05, 3.63) is 11.7 Å². The maximum absolute atomic E-state index is 13.0. The molecule has 108 valence electrons. The summed E-state index contributed by atoms with van der Waals surface area (Å²) in [5.74, 6) is -1.41. The number of halogens is 3. The number of nitrogens with zero attached hydrogens (tertiary/aromatic N) is 2. The van der Waals surface area contributed by atoms with Gasteiger partial charge in [0.1, 0.15) is 0 Å². The van der Waals surface area contributed by atoms with Crippen LogP contribution in [0.2, 0.25) is 0 Å². The van der Waals surface area contributed by atoms with E-state index < -0.39 is 18.0 Å². The van der Waals surface area contributed by atoms with Crippen molar-refractivity contribution in [2.75, 3.05) is 13.6 Å². The van der Waals surface area contributed by atoms with E-state index in [1.807, 2.05) is 0 Å². The summed E-state index contributed by atoms with van der Waals surface area (Å²) in [6, 6.07) is 0. The first-order chi connectivity index (χ1) is 9.02. The van der Waals surface area contributed by atoms with Crippen molar-refractivity contribution >= 4 is 0 Å². The smallest absolute Gasteiger partial charge is 0.339 e. The summed E-state index contributed by atoms with van der Waals surface area (Å²) in [4.78, 5) is 4.12. The summed E-state index contributed by atoms with van der Waals surface area (Å²) in [5.41, 5.74) is 0. The van der Waals surface area contributed by atoms with Crippen molar-refractivity contribution < 1.29 is 17.7 Å². The minimum Gasteiger partial charge on any atom is -0.339 e. The lowest BCUT2D eigenvalue weighted by molar-refractivity contribution is -0.189. The molecule has 0 radical (unpaired) electrons. The second-order valence-electron chi connectivity index (χ2n) is 4.94. The number of nitrogens with one attached hydrogen (secondary N) is 1. The summed E-state index contributed by atoms with van der Waals surface area (Å²) < 4.78 is 44.0. The van der Waals surface area contributed by atoms with Crippen molar-refractivity contribution in [3.63, 3.8) is 0 Å². The molecule has 1 aliphatic carbocycles. The molecule has 1 heterocycles. The van der Waals surface area contributed by atoms with Crippen LogP contribution < -0.4 is 5.32 Å². The summed E-state index contributed by atoms with van der Waals surface area (Å²) in [6.45, 7) is 0.673. The molecule has 0 saturated heterocycles. The van der Waals surface area contributed by atoms with Crippen LogP contribution in [0.15, 0.2) is 4.52 Å². The zero-order valence-corrected chi connectivity index (χ0v) is 10.8. The highest BCUT2D eigenvalue weighted by Gasteiger charge is 2.47. The second kappa shape index (κ2) is 5.90. The molecular weight excluding hydrogens is 259 g/mol. The van der Waals surface area contributed by atoms with Gasteiger partial charge in [0.05, 0.1) is 5.92 Å². The van der Waals surface area contributed by atoms with Crippen molar-refractivity contribution in [1.82, 2.24) is 15.5 Å². The zero-order valence-electron chi connectivity index (χ0n) is 10.8. The summed E-state index contributed by atoms with van der Waals surface area (Å²) in [6.07, 6.45) is -1.61. The third-order valence-corrected chi connectivity index (χ3v) is 3.59. The molecule has 1 aromatic rings. The summed E-state index contributed by atoms with van der Waals surface area (Å²) in [5, 5.41) is 6.69. The molecule has 19 heavy (non-hydrogen) atoms. The molecule has 4 nitrogen and oxygen atoms in total. The first kappa shape index (κ1) is 14.3. The third kappa shape index (κ3) is 3.46. The molecule has 2 atom stereocenters. The van der Waals surface area contributed by atoms with Crippen LogP contribution in [-0.4, -0.2) is 29.9 Å². The first-order valence-corrected chi connectivity index (χ1v) is 6.56. The molecule has 1 saturated carbocycles. The molecule has 7 heteroatoms. The topological polar surface area (TPSA) is 51.0 Å². The van der Waals surface area contributed by atoms with Crippen molar-refractivity contribution in [2.45, 2.75) is 44.2 Å². The average molecular weight is 277 g/mol. The zero-order chi connectivity index (χ0) is 13.9. The van der Waals surface area contributed by atoms with E-state index in [4.69, 9.17) is 4.52 Å². The van der Waals surface area contributed by atoms with E-state index >= 15 is 0 Å². The van der Waals surface area contributed by atoms with Crippen LogP contribution in [0.5, 0.6) is 0 Å². The van der Waals surface area contributed by atoms with E-state index in [1.54, 1.807) is 7.05 Å². The fraction of sp³-hybridized carbons (Fsp3) is 0.833. The monoisotopic (exact) mass is 277 g/mol. The maximum atomic E-state index is 13.0. The lowest BCUT2D eigenvalue weighted by Crippen LogP contribution is -2.31. The fourth-order valence-electron chi connectivity index (χ4n) is 2.57. The van der Waals surface area contributed by atoms with Gasteiger partial charge >= 0.3 is 6.18 Å². The highest BCUT2D eigenvalue weighted by Crippen LogP contribution is 2.45. The van der Waals surface area contributed by atoms with Gasteiger partial charge in [-0.2, -0.15) is 18.2 Å². The Labute approximate surface area is 109 Å². The van der Waals surface area contributed by atoms with Gasteiger partial charge in [-0.05, 0) is 19.9 Å². The molecule has 1 aliphatic rings. The van der Waals surface area contributed by atoms with Crippen LogP contribution in [0.25, 0.3) is 0 Å². The number of likely N-dealkylation sites (N-methyl/N-ethyl adjacent to an activating group) is 1. The van der Waals surface area contributed by atoms with Crippen LogP contribution in [0.3, 0.4) is 0 Å². The van der Waals surface area contributed by atoms with Gasteiger partial charge in [-0.15, -0.1) is 0 Å². The van der Waals surface area contributed by atoms with Gasteiger partial charge in [0.2, 0.25) is 5.89 Å². The van der Waals surface area contributed by atoms with Gasteiger partial charge in [-0.25, -0.2) is 0 Å². The Kier molecular flexibility index (Phi) is 4.44. The first-order valence-electron chi connectivity index (χ1n) is 6.56. The predicted octanol–water partition coefficient (Wildman–Crippen LogP) is 2.67. The Morgan fingerprint density at radius 1 is 1.32 bits per heavy atom. The van der Waals surface area contributed by atoms with E-state index in [9.17, 15) is 13.2 Å². The summed E-state index contributed by atoms with van der Waals surface area (Å²) in [7, 11) is 1.79. The molecule has 0 bridgehead atoms. The van der Waals surface area contributed by atoms with Crippen LogP contribution in [-0.2, 0) is 6.42 Å². The van der Waals surface area contributed by atoms with Gasteiger partial charge in [0.25, 0.3) is 0 Å². The lowest BCUT2D eigenvalue weighted by atomic mass is 9.78. The standard InChI is InChI=1S/C12H18F3N3O/c1-16-7-6-10-17-11(19-18-10)8-4-2-3-5-9(8)12(13,14)15/h8-9,16H,2-7H2,1H3. The minimum absolute atomic E-state index is 0.146. The Balaban J connectivity index is 2.11. The SMILES string of the molecule is CNCCc1noc(C2CCCCC2C(F)(F)F)n1. The normalized spacial score (nSPS) is 24.6. The Hall–Kier alpha value is -1.11. The van der Waals surface area contributed by atoms with Crippen molar-refractivity contribution in [1.29, 1.82) is 0 Å². The Morgan fingerprint density at radius 2 is 2.05 bits per heavy atom. The quantitative estimate of drug-likeness (QED) is 0.919. The molecule has 2 rings (SSSR count). The van der Waals surface area contributed by atoms with Gasteiger partial charge < -0.3 is 9.84 Å². The number of rotatable bonds is 4. The van der Waals surface area contributed by atoms with Crippen molar-refractivity contribution in [2.24, 2.45) is 5.92 Å². The fourth-order valence-corrected chi connectivity index (χ4v) is 2.57. The van der Waals surface area contributed by atoms with Crippen molar-refractivity contribution in [3.8, 4) is 0 Å². The molecule has 1 N–H and O–H groups in total. The number of hydrogen-bond acceptors (Lipinski definition) is 4. The van der Waals surface area contributed by atoms with Crippen LogP contribution in [0, 0.1) is 5.92 Å². The van der Waals surface area contributed by atoms with Gasteiger partial charge in [0, 0.05) is 18.9 Å².